The van der Waals surface area contributed by atoms with Crippen LogP contribution in [0.25, 0.3) is 10.9 Å². The van der Waals surface area contributed by atoms with Crippen LogP contribution in [0, 0.1) is 6.92 Å². The van der Waals surface area contributed by atoms with Crippen molar-refractivity contribution < 1.29 is 19.1 Å². The van der Waals surface area contributed by atoms with Crippen LogP contribution in [-0.2, 0) is 16.0 Å². The lowest BCUT2D eigenvalue weighted by atomic mass is 9.92. The van der Waals surface area contributed by atoms with Crippen molar-refractivity contribution in [3.8, 4) is 0 Å². The number of ether oxygens (including phenoxy) is 2. The van der Waals surface area contributed by atoms with Gasteiger partial charge in [0.1, 0.15) is 11.3 Å². The quantitative estimate of drug-likeness (QED) is 0.369. The number of aryl methyl sites for hydroxylation is 1. The Morgan fingerprint density at radius 2 is 1.89 bits per heavy atom. The Labute approximate surface area is 218 Å². The van der Waals surface area contributed by atoms with E-state index in [1.807, 2.05) is 39.2 Å². The van der Waals surface area contributed by atoms with Crippen LogP contribution in [0.1, 0.15) is 97.6 Å². The predicted octanol–water partition coefficient (Wildman–Crippen LogP) is 6.52. The molecule has 37 heavy (non-hydrogen) atoms. The number of hydrogen-bond acceptors (Lipinski definition) is 6. The monoisotopic (exact) mass is 503 g/mol. The first kappa shape index (κ1) is 25.5. The lowest BCUT2D eigenvalue weighted by molar-refractivity contribution is 0.0542. The lowest BCUT2D eigenvalue weighted by Crippen LogP contribution is -2.33. The Morgan fingerprint density at radius 3 is 2.54 bits per heavy atom. The van der Waals surface area contributed by atoms with Crippen molar-refractivity contribution in [3.63, 3.8) is 0 Å². The minimum atomic E-state index is -0.559. The number of likely N-dealkylation sites (tertiary alicyclic amines) is 1. The Hall–Kier alpha value is -3.19. The summed E-state index contributed by atoms with van der Waals surface area (Å²) >= 11 is 0. The summed E-state index contributed by atoms with van der Waals surface area (Å²) in [7, 11) is 1.37. The molecule has 0 unspecified atom stereocenters. The number of aromatic nitrogens is 2. The van der Waals surface area contributed by atoms with Crippen molar-refractivity contribution in [2.45, 2.75) is 83.9 Å². The van der Waals surface area contributed by atoms with E-state index in [9.17, 15) is 9.59 Å². The van der Waals surface area contributed by atoms with E-state index in [1.54, 1.807) is 10.6 Å². The number of pyridine rings is 1. The maximum Gasteiger partial charge on any atom is 0.418 e. The molecule has 2 aliphatic rings. The van der Waals surface area contributed by atoms with E-state index >= 15 is 0 Å². The van der Waals surface area contributed by atoms with Gasteiger partial charge in [0.15, 0.2) is 0 Å². The van der Waals surface area contributed by atoms with Gasteiger partial charge in [-0.3, -0.25) is 9.47 Å². The molecular weight excluding hydrogens is 466 g/mol. The number of piperidine rings is 1. The molecule has 1 atom stereocenters. The normalized spacial score (nSPS) is 18.7. The van der Waals surface area contributed by atoms with Gasteiger partial charge in [0.2, 0.25) is 0 Å². The van der Waals surface area contributed by atoms with Gasteiger partial charge in [-0.15, -0.1) is 0 Å². The maximum absolute atomic E-state index is 13.0. The van der Waals surface area contributed by atoms with Crippen molar-refractivity contribution in [2.24, 2.45) is 0 Å². The molecule has 2 aromatic heterocycles. The van der Waals surface area contributed by atoms with Gasteiger partial charge in [-0.2, -0.15) is 0 Å². The third kappa shape index (κ3) is 5.28. The predicted molar refractivity (Wildman–Crippen MR) is 143 cm³/mol. The SMILES string of the molecule is COC(=O)c1ccc([C@@H]2CCCCN2Cc2c(C3CC3)cc(C)c3c2ccn3C(=O)OC(C)(C)C)cn1. The molecule has 0 amide bonds. The summed E-state index contributed by atoms with van der Waals surface area (Å²) in [5.41, 5.74) is 5.66. The van der Waals surface area contributed by atoms with Gasteiger partial charge in [-0.05, 0) is 100 Å². The summed E-state index contributed by atoms with van der Waals surface area (Å²) < 4.78 is 12.2. The fourth-order valence-corrected chi connectivity index (χ4v) is 5.61. The maximum atomic E-state index is 13.0. The summed E-state index contributed by atoms with van der Waals surface area (Å²) in [6, 6.07) is 8.37. The Morgan fingerprint density at radius 1 is 1.11 bits per heavy atom. The van der Waals surface area contributed by atoms with Crippen LogP contribution in [0.4, 0.5) is 4.79 Å². The van der Waals surface area contributed by atoms with Crippen LogP contribution in [-0.4, -0.2) is 45.8 Å². The van der Waals surface area contributed by atoms with Crippen molar-refractivity contribution >= 4 is 23.0 Å². The number of benzene rings is 1. The van der Waals surface area contributed by atoms with Crippen LogP contribution in [0.2, 0.25) is 0 Å². The largest absolute Gasteiger partial charge is 0.464 e. The van der Waals surface area contributed by atoms with Crippen LogP contribution in [0.5, 0.6) is 0 Å². The first-order chi connectivity index (χ1) is 17.7. The highest BCUT2D eigenvalue weighted by atomic mass is 16.6. The molecule has 3 aromatic rings. The number of hydrogen-bond donors (Lipinski definition) is 0. The molecule has 196 valence electrons. The highest BCUT2D eigenvalue weighted by Crippen LogP contribution is 2.45. The molecule has 1 saturated carbocycles. The van der Waals surface area contributed by atoms with Gasteiger partial charge in [-0.1, -0.05) is 18.6 Å². The first-order valence-corrected chi connectivity index (χ1v) is 13.3. The van der Waals surface area contributed by atoms with Gasteiger partial charge in [-0.25, -0.2) is 14.6 Å². The van der Waals surface area contributed by atoms with E-state index in [1.165, 1.54) is 31.1 Å². The zero-order valence-corrected chi connectivity index (χ0v) is 22.5. The molecule has 5 rings (SSSR count). The fraction of sp³-hybridized carbons (Fsp3) is 0.500. The smallest absolute Gasteiger partial charge is 0.418 e. The lowest BCUT2D eigenvalue weighted by Gasteiger charge is -2.36. The number of esters is 1. The molecule has 1 saturated heterocycles. The Balaban J connectivity index is 1.51. The molecule has 2 fully saturated rings. The molecule has 7 heteroatoms. The van der Waals surface area contributed by atoms with E-state index in [0.29, 0.717) is 11.6 Å². The number of fused-ring (bicyclic) bond motifs is 1. The van der Waals surface area contributed by atoms with E-state index in [-0.39, 0.29) is 12.1 Å². The average molecular weight is 504 g/mol. The summed E-state index contributed by atoms with van der Waals surface area (Å²) in [6.45, 7) is 9.58. The molecule has 0 N–H and O–H groups in total. The van der Waals surface area contributed by atoms with Crippen LogP contribution >= 0.6 is 0 Å². The van der Waals surface area contributed by atoms with Crippen molar-refractivity contribution in [2.75, 3.05) is 13.7 Å². The van der Waals surface area contributed by atoms with E-state index in [2.05, 4.69) is 28.9 Å². The Kier molecular flexibility index (Phi) is 6.84. The van der Waals surface area contributed by atoms with Crippen molar-refractivity contribution in [1.82, 2.24) is 14.5 Å². The third-order valence-corrected chi connectivity index (χ3v) is 7.45. The molecule has 1 aromatic carbocycles. The number of methoxy groups -OCH3 is 1. The average Bonchev–Trinajstić information content (AvgIpc) is 3.61. The third-order valence-electron chi connectivity index (χ3n) is 7.45. The second-order valence-corrected chi connectivity index (χ2v) is 11.4. The second-order valence-electron chi connectivity index (χ2n) is 11.4. The van der Waals surface area contributed by atoms with E-state index in [0.717, 1.165) is 54.4 Å². The number of carbonyl (C=O) groups is 2. The molecule has 3 heterocycles. The number of carbonyl (C=O) groups excluding carboxylic acids is 2. The van der Waals surface area contributed by atoms with Crippen molar-refractivity contribution in [1.29, 1.82) is 0 Å². The topological polar surface area (TPSA) is 73.7 Å². The summed E-state index contributed by atoms with van der Waals surface area (Å²) in [5.74, 6) is 0.171. The molecule has 7 nitrogen and oxygen atoms in total. The molecular formula is C30H37N3O4. The minimum absolute atomic E-state index is 0.226. The number of rotatable bonds is 5. The van der Waals surface area contributed by atoms with Gasteiger partial charge >= 0.3 is 12.1 Å². The van der Waals surface area contributed by atoms with Gasteiger partial charge in [0, 0.05) is 30.4 Å². The minimum Gasteiger partial charge on any atom is -0.464 e. The summed E-state index contributed by atoms with van der Waals surface area (Å²) in [4.78, 5) is 31.8. The number of nitrogens with zero attached hydrogens (tertiary/aromatic N) is 3. The standard InChI is InChI=1S/C30H37N3O4/c1-19-16-23(20-9-10-20)24(22-13-15-33(27(19)22)29(35)37-30(2,3)4)18-32-14-7-6-8-26(32)21-11-12-25(31-17-21)28(34)36-5/h11-13,15-17,20,26H,6-10,14,18H2,1-5H3/t26-/m0/s1. The van der Waals surface area contributed by atoms with Crippen LogP contribution in [0.15, 0.2) is 36.7 Å². The first-order valence-electron chi connectivity index (χ1n) is 13.3. The van der Waals surface area contributed by atoms with Gasteiger partial charge in [0.05, 0.1) is 12.6 Å². The van der Waals surface area contributed by atoms with Crippen LogP contribution < -0.4 is 0 Å². The zero-order chi connectivity index (χ0) is 26.3. The van der Waals surface area contributed by atoms with E-state index < -0.39 is 11.6 Å². The summed E-state index contributed by atoms with van der Waals surface area (Å²) in [6.07, 6.45) is 9.12. The Bertz CT molecular complexity index is 1320. The van der Waals surface area contributed by atoms with Gasteiger partial charge < -0.3 is 9.47 Å². The second kappa shape index (κ2) is 9.93. The molecule has 0 spiro atoms. The summed E-state index contributed by atoms with van der Waals surface area (Å²) in [5, 5.41) is 1.14. The zero-order valence-electron chi connectivity index (χ0n) is 22.5. The highest BCUT2D eigenvalue weighted by Gasteiger charge is 2.32. The highest BCUT2D eigenvalue weighted by molar-refractivity contribution is 5.94. The molecule has 0 bridgehead atoms. The van der Waals surface area contributed by atoms with Crippen LogP contribution in [0.3, 0.4) is 0 Å². The van der Waals surface area contributed by atoms with Gasteiger partial charge in [0.25, 0.3) is 0 Å². The molecule has 1 aliphatic heterocycles. The molecule has 1 aliphatic carbocycles. The van der Waals surface area contributed by atoms with Crippen molar-refractivity contribution in [3.05, 3.63) is 64.6 Å². The van der Waals surface area contributed by atoms with E-state index in [4.69, 9.17) is 9.47 Å². The molecule has 0 radical (unpaired) electrons. The fourth-order valence-electron chi connectivity index (χ4n) is 5.61.